The van der Waals surface area contributed by atoms with Crippen LogP contribution in [0.15, 0.2) is 72.9 Å². The number of rotatable bonds is 72. The first-order valence-electron chi connectivity index (χ1n) is 37.9. The third kappa shape index (κ3) is 72.5. The van der Waals surface area contributed by atoms with Crippen molar-refractivity contribution in [2.75, 3.05) is 26.4 Å². The van der Waals surface area contributed by atoms with Crippen molar-refractivity contribution in [2.45, 2.75) is 386 Å². The summed E-state index contributed by atoms with van der Waals surface area (Å²) in [5, 5.41) is 0. The Morgan fingerprint density at radius 2 is 0.625 bits per heavy atom. The number of phosphoric ester groups is 1. The Morgan fingerprint density at radius 1 is 0.352 bits per heavy atom. The molecule has 0 fully saturated rings. The summed E-state index contributed by atoms with van der Waals surface area (Å²) in [5.41, 5.74) is 5.41. The van der Waals surface area contributed by atoms with Crippen molar-refractivity contribution in [2.24, 2.45) is 5.73 Å². The summed E-state index contributed by atoms with van der Waals surface area (Å²) in [7, 11) is -4.40. The van der Waals surface area contributed by atoms with E-state index in [0.717, 1.165) is 77.0 Å². The maximum Gasteiger partial charge on any atom is 0.472 e. The van der Waals surface area contributed by atoms with Gasteiger partial charge in [0.05, 0.1) is 13.2 Å². The summed E-state index contributed by atoms with van der Waals surface area (Å²) in [6.45, 7) is 3.70. The topological polar surface area (TPSA) is 134 Å². The van der Waals surface area contributed by atoms with Gasteiger partial charge < -0.3 is 20.1 Å². The van der Waals surface area contributed by atoms with Gasteiger partial charge in [-0.3, -0.25) is 18.6 Å². The molecular weight excluding hydrogens is 1110 g/mol. The molecule has 0 aliphatic rings. The minimum atomic E-state index is -4.40. The molecule has 0 aliphatic carbocycles. The van der Waals surface area contributed by atoms with Crippen LogP contribution < -0.4 is 5.73 Å². The molecule has 2 unspecified atom stereocenters. The van der Waals surface area contributed by atoms with Crippen LogP contribution in [0.5, 0.6) is 0 Å². The van der Waals surface area contributed by atoms with Crippen molar-refractivity contribution in [1.29, 1.82) is 0 Å². The Morgan fingerprint density at radius 3 is 0.932 bits per heavy atom. The second-order valence-corrected chi connectivity index (χ2v) is 27.0. The molecule has 0 aromatic rings. The Hall–Kier alpha value is -2.55. The highest BCUT2D eigenvalue weighted by Crippen LogP contribution is 2.43. The molecule has 3 N–H and O–H groups in total. The van der Waals surface area contributed by atoms with E-state index in [9.17, 15) is 19.0 Å². The monoisotopic (exact) mass is 1250 g/mol. The first-order chi connectivity index (χ1) is 43.3. The van der Waals surface area contributed by atoms with Crippen LogP contribution in [-0.4, -0.2) is 49.3 Å². The van der Waals surface area contributed by atoms with E-state index in [-0.39, 0.29) is 38.6 Å². The van der Waals surface area contributed by atoms with Crippen LogP contribution in [0.25, 0.3) is 0 Å². The van der Waals surface area contributed by atoms with Gasteiger partial charge in [-0.2, -0.15) is 0 Å². The number of hydrogen-bond acceptors (Lipinski definition) is 8. The van der Waals surface area contributed by atoms with Gasteiger partial charge in [0.15, 0.2) is 6.10 Å². The van der Waals surface area contributed by atoms with Crippen molar-refractivity contribution in [1.82, 2.24) is 0 Å². The van der Waals surface area contributed by atoms with Crippen LogP contribution in [-0.2, 0) is 32.7 Å². The number of phosphoric acid groups is 1. The average molecular weight is 1250 g/mol. The van der Waals surface area contributed by atoms with Crippen LogP contribution in [0.1, 0.15) is 380 Å². The molecule has 0 rings (SSSR count). The minimum absolute atomic E-state index is 0.0534. The maximum absolute atomic E-state index is 12.8. The van der Waals surface area contributed by atoms with Crippen molar-refractivity contribution in [3.63, 3.8) is 0 Å². The Labute approximate surface area is 545 Å². The molecule has 0 aliphatic heterocycles. The zero-order chi connectivity index (χ0) is 63.7. The summed E-state index contributed by atoms with van der Waals surface area (Å²) >= 11 is 0. The molecule has 0 saturated carbocycles. The van der Waals surface area contributed by atoms with E-state index in [2.05, 4.69) is 86.8 Å². The number of ether oxygens (including phenoxy) is 2. The average Bonchev–Trinajstić information content (AvgIpc) is 3.53. The summed E-state index contributed by atoms with van der Waals surface area (Å²) in [6.07, 6.45) is 97.4. The molecule has 514 valence electrons. The lowest BCUT2D eigenvalue weighted by Crippen LogP contribution is -2.29. The predicted octanol–water partition coefficient (Wildman–Crippen LogP) is 25.1. The molecule has 2 atom stereocenters. The first-order valence-corrected chi connectivity index (χ1v) is 39.4. The molecule has 0 aromatic heterocycles. The highest BCUT2D eigenvalue weighted by atomic mass is 31.2. The van der Waals surface area contributed by atoms with Gasteiger partial charge in [-0.1, -0.05) is 376 Å². The smallest absolute Gasteiger partial charge is 0.462 e. The molecule has 0 amide bonds. The van der Waals surface area contributed by atoms with Gasteiger partial charge in [0.25, 0.3) is 0 Å². The molecule has 9 nitrogen and oxygen atoms in total. The number of esters is 2. The summed E-state index contributed by atoms with van der Waals surface area (Å²) in [4.78, 5) is 35.4. The van der Waals surface area contributed by atoms with E-state index in [1.165, 1.54) is 270 Å². The zero-order valence-corrected chi connectivity index (χ0v) is 58.9. The van der Waals surface area contributed by atoms with Crippen LogP contribution in [0, 0.1) is 0 Å². The van der Waals surface area contributed by atoms with E-state index in [0.29, 0.717) is 6.42 Å². The van der Waals surface area contributed by atoms with E-state index >= 15 is 0 Å². The lowest BCUT2D eigenvalue weighted by Gasteiger charge is -2.19. The van der Waals surface area contributed by atoms with Gasteiger partial charge in [-0.05, 0) is 64.2 Å². The molecular formula is C78H144NO8P. The standard InChI is InChI=1S/C78H144NO8P/c1-3-5-7-9-11-13-15-17-19-21-23-25-27-29-31-33-35-37-39-40-42-44-46-48-50-52-54-56-58-60-62-64-66-68-70-77(80)84-74-76(75-86-88(82,83)85-73-72-79)87-78(81)71-69-67-65-63-61-59-57-55-53-51-49-47-45-43-41-38-36-34-32-30-28-26-24-22-20-18-16-14-12-10-8-6-4-2/h6,8,12,14,18,20,24,26,30,32,36,38,76H,3-5,7,9-11,13,15-17,19,21-23,25,27-29,31,33-35,37,39-75,79H2,1-2H3,(H,82,83)/b8-6-,14-12-,20-18-,26-24-,32-30-,38-36-. The normalized spacial score (nSPS) is 13.3. The van der Waals surface area contributed by atoms with Gasteiger partial charge in [0.2, 0.25) is 0 Å². The van der Waals surface area contributed by atoms with E-state index in [1.807, 2.05) is 0 Å². The lowest BCUT2D eigenvalue weighted by atomic mass is 10.0. The first kappa shape index (κ1) is 85.5. The van der Waals surface area contributed by atoms with Crippen LogP contribution in [0.4, 0.5) is 0 Å². The van der Waals surface area contributed by atoms with Crippen LogP contribution in [0.3, 0.4) is 0 Å². The van der Waals surface area contributed by atoms with Crippen LogP contribution in [0.2, 0.25) is 0 Å². The van der Waals surface area contributed by atoms with Crippen molar-refractivity contribution in [3.8, 4) is 0 Å². The minimum Gasteiger partial charge on any atom is -0.462 e. The quantitative estimate of drug-likeness (QED) is 0.0264. The molecule has 0 heterocycles. The third-order valence-electron chi connectivity index (χ3n) is 16.9. The number of allylic oxidation sites excluding steroid dienone is 12. The van der Waals surface area contributed by atoms with E-state index < -0.39 is 26.5 Å². The second-order valence-electron chi connectivity index (χ2n) is 25.5. The van der Waals surface area contributed by atoms with Gasteiger partial charge in [0.1, 0.15) is 6.61 Å². The van der Waals surface area contributed by atoms with Gasteiger partial charge in [-0.15, -0.1) is 0 Å². The fraction of sp³-hybridized carbons (Fsp3) is 0.821. The van der Waals surface area contributed by atoms with E-state index in [1.54, 1.807) is 0 Å². The molecule has 0 saturated heterocycles. The van der Waals surface area contributed by atoms with Crippen molar-refractivity contribution in [3.05, 3.63) is 72.9 Å². The maximum atomic E-state index is 12.8. The summed E-state index contributed by atoms with van der Waals surface area (Å²) in [6, 6.07) is 0. The van der Waals surface area contributed by atoms with Gasteiger partial charge >= 0.3 is 19.8 Å². The number of carbonyl (C=O) groups is 2. The fourth-order valence-electron chi connectivity index (χ4n) is 11.3. The van der Waals surface area contributed by atoms with Crippen molar-refractivity contribution >= 4 is 19.8 Å². The molecule has 0 bridgehead atoms. The van der Waals surface area contributed by atoms with E-state index in [4.69, 9.17) is 24.3 Å². The molecule has 0 spiro atoms. The molecule has 0 radical (unpaired) electrons. The number of carbonyl (C=O) groups excluding carboxylic acids is 2. The Kier molecular flexibility index (Phi) is 71.4. The second kappa shape index (κ2) is 73.5. The van der Waals surface area contributed by atoms with Gasteiger partial charge in [-0.25, -0.2) is 4.57 Å². The SMILES string of the molecule is CC/C=C\C/C=C\C/C=C\C/C=C\C/C=C\C/C=C\CCCCCCCCCCCCCCCCC(=O)OC(COC(=O)CCCCCCCCCCCCCCCCCCCCCCCCCCCCCCCCCCCC)COP(=O)(O)OCCN. The summed E-state index contributed by atoms with van der Waals surface area (Å²) < 4.78 is 33.2. The lowest BCUT2D eigenvalue weighted by molar-refractivity contribution is -0.161. The largest absolute Gasteiger partial charge is 0.472 e. The predicted molar refractivity (Wildman–Crippen MR) is 381 cm³/mol. The highest BCUT2D eigenvalue weighted by Gasteiger charge is 2.26. The van der Waals surface area contributed by atoms with Gasteiger partial charge in [0, 0.05) is 19.4 Å². The third-order valence-corrected chi connectivity index (χ3v) is 17.8. The number of unbranched alkanes of at least 4 members (excludes halogenated alkanes) is 47. The highest BCUT2D eigenvalue weighted by molar-refractivity contribution is 7.47. The number of nitrogens with two attached hydrogens (primary N) is 1. The molecule has 88 heavy (non-hydrogen) atoms. The number of hydrogen-bond donors (Lipinski definition) is 2. The Bertz CT molecular complexity index is 1670. The van der Waals surface area contributed by atoms with Crippen LogP contribution >= 0.6 is 7.82 Å². The van der Waals surface area contributed by atoms with Crippen molar-refractivity contribution < 1.29 is 37.6 Å². The Balaban J connectivity index is 3.81. The molecule has 0 aromatic carbocycles. The molecule has 10 heteroatoms. The summed E-state index contributed by atoms with van der Waals surface area (Å²) in [5.74, 6) is -0.811. The fourth-order valence-corrected chi connectivity index (χ4v) is 12.1. The zero-order valence-electron chi connectivity index (χ0n) is 58.0.